The maximum Gasteiger partial charge on any atom is 0.155 e. The Bertz CT molecular complexity index is 653. The Balaban J connectivity index is 1.88. The monoisotopic (exact) mass is 312 g/mol. The maximum atomic E-state index is 5.45. The van der Waals surface area contributed by atoms with Crippen LogP contribution >= 0.6 is 0 Å². The van der Waals surface area contributed by atoms with Gasteiger partial charge in [0.25, 0.3) is 0 Å². The molecular weight excluding hydrogens is 288 g/mol. The number of hydrogen-bond donors (Lipinski definition) is 0. The second-order valence-corrected chi connectivity index (χ2v) is 6.19. The molecule has 5 nitrogen and oxygen atoms in total. The fourth-order valence-corrected chi connectivity index (χ4v) is 2.81. The SMILES string of the molecule is CC(C)=CCCc1nc(C2CCOCC2)nn1-c1ccccn1. The smallest absolute Gasteiger partial charge is 0.155 e. The van der Waals surface area contributed by atoms with Crippen LogP contribution in [0.1, 0.15) is 50.7 Å². The zero-order chi connectivity index (χ0) is 16.1. The summed E-state index contributed by atoms with van der Waals surface area (Å²) in [4.78, 5) is 9.27. The van der Waals surface area contributed by atoms with Gasteiger partial charge in [0, 0.05) is 31.7 Å². The number of nitrogens with zero attached hydrogens (tertiary/aromatic N) is 4. The van der Waals surface area contributed by atoms with Gasteiger partial charge in [-0.1, -0.05) is 17.7 Å². The second-order valence-electron chi connectivity index (χ2n) is 6.19. The van der Waals surface area contributed by atoms with Gasteiger partial charge in [-0.25, -0.2) is 9.97 Å². The highest BCUT2D eigenvalue weighted by Crippen LogP contribution is 2.25. The first-order valence-corrected chi connectivity index (χ1v) is 8.32. The van der Waals surface area contributed by atoms with E-state index in [9.17, 15) is 0 Å². The molecule has 0 saturated carbocycles. The third kappa shape index (κ3) is 4.05. The summed E-state index contributed by atoms with van der Waals surface area (Å²) in [5, 5.41) is 4.77. The molecule has 0 spiro atoms. The van der Waals surface area contributed by atoms with Crippen molar-refractivity contribution in [2.24, 2.45) is 0 Å². The minimum absolute atomic E-state index is 0.399. The fraction of sp³-hybridized carbons (Fsp3) is 0.500. The molecule has 0 radical (unpaired) electrons. The first kappa shape index (κ1) is 15.9. The van der Waals surface area contributed by atoms with E-state index in [2.05, 4.69) is 24.9 Å². The van der Waals surface area contributed by atoms with Gasteiger partial charge in [0.15, 0.2) is 11.6 Å². The molecular formula is C18H24N4O. The number of aromatic nitrogens is 4. The molecule has 0 unspecified atom stereocenters. The highest BCUT2D eigenvalue weighted by molar-refractivity contribution is 5.22. The van der Waals surface area contributed by atoms with Crippen molar-refractivity contribution in [3.8, 4) is 5.82 Å². The van der Waals surface area contributed by atoms with Crippen LogP contribution in [0.3, 0.4) is 0 Å². The highest BCUT2D eigenvalue weighted by atomic mass is 16.5. The lowest BCUT2D eigenvalue weighted by molar-refractivity contribution is 0.0836. The molecule has 0 N–H and O–H groups in total. The van der Waals surface area contributed by atoms with Crippen molar-refractivity contribution in [2.75, 3.05) is 13.2 Å². The van der Waals surface area contributed by atoms with Crippen LogP contribution in [0.4, 0.5) is 0 Å². The van der Waals surface area contributed by atoms with Gasteiger partial charge in [0.1, 0.15) is 5.82 Å². The van der Waals surface area contributed by atoms with E-state index in [1.54, 1.807) is 6.20 Å². The summed E-state index contributed by atoms with van der Waals surface area (Å²) in [5.74, 6) is 3.16. The lowest BCUT2D eigenvalue weighted by Crippen LogP contribution is -2.15. The first-order valence-electron chi connectivity index (χ1n) is 8.32. The molecule has 5 heteroatoms. The molecule has 3 rings (SSSR count). The Labute approximate surface area is 137 Å². The van der Waals surface area contributed by atoms with E-state index in [1.165, 1.54) is 5.57 Å². The van der Waals surface area contributed by atoms with Crippen molar-refractivity contribution in [2.45, 2.75) is 45.4 Å². The molecule has 1 fully saturated rings. The quantitative estimate of drug-likeness (QED) is 0.793. The topological polar surface area (TPSA) is 52.8 Å². The van der Waals surface area contributed by atoms with Crippen molar-refractivity contribution in [1.82, 2.24) is 19.7 Å². The lowest BCUT2D eigenvalue weighted by Gasteiger charge is -2.18. The van der Waals surface area contributed by atoms with Crippen LogP contribution in [-0.2, 0) is 11.2 Å². The summed E-state index contributed by atoms with van der Waals surface area (Å²) in [6.45, 7) is 5.85. The fourth-order valence-electron chi connectivity index (χ4n) is 2.81. The van der Waals surface area contributed by atoms with Crippen LogP contribution < -0.4 is 0 Å². The molecule has 0 aliphatic carbocycles. The standard InChI is InChI=1S/C18H24N4O/c1-14(2)6-5-8-17-20-18(15-9-12-23-13-10-15)21-22(17)16-7-3-4-11-19-16/h3-4,6-7,11,15H,5,8-10,12-13H2,1-2H3. The van der Waals surface area contributed by atoms with E-state index in [4.69, 9.17) is 14.8 Å². The molecule has 2 aromatic heterocycles. The molecule has 1 saturated heterocycles. The van der Waals surface area contributed by atoms with Crippen molar-refractivity contribution < 1.29 is 4.74 Å². The molecule has 2 aromatic rings. The number of aryl methyl sites for hydroxylation is 1. The molecule has 23 heavy (non-hydrogen) atoms. The van der Waals surface area contributed by atoms with Crippen LogP contribution in [0.25, 0.3) is 5.82 Å². The van der Waals surface area contributed by atoms with Crippen molar-refractivity contribution in [3.63, 3.8) is 0 Å². The number of hydrogen-bond acceptors (Lipinski definition) is 4. The third-order valence-corrected chi connectivity index (χ3v) is 4.06. The van der Waals surface area contributed by atoms with E-state index in [1.807, 2.05) is 22.9 Å². The Hall–Kier alpha value is -2.01. The Morgan fingerprint density at radius 3 is 2.83 bits per heavy atom. The van der Waals surface area contributed by atoms with Crippen LogP contribution in [0.5, 0.6) is 0 Å². The largest absolute Gasteiger partial charge is 0.381 e. The zero-order valence-electron chi connectivity index (χ0n) is 13.9. The number of rotatable bonds is 5. The molecule has 1 aliphatic rings. The minimum Gasteiger partial charge on any atom is -0.381 e. The second kappa shape index (κ2) is 7.51. The van der Waals surface area contributed by atoms with Crippen molar-refractivity contribution in [3.05, 3.63) is 47.7 Å². The summed E-state index contributed by atoms with van der Waals surface area (Å²) in [7, 11) is 0. The summed E-state index contributed by atoms with van der Waals surface area (Å²) in [5.41, 5.74) is 1.33. The van der Waals surface area contributed by atoms with Crippen LogP contribution in [-0.4, -0.2) is 33.0 Å². The van der Waals surface area contributed by atoms with E-state index < -0.39 is 0 Å². The van der Waals surface area contributed by atoms with Crippen molar-refractivity contribution >= 4 is 0 Å². The van der Waals surface area contributed by atoms with Crippen LogP contribution in [0, 0.1) is 0 Å². The molecule has 0 amide bonds. The van der Waals surface area contributed by atoms with E-state index in [0.717, 1.165) is 56.4 Å². The van der Waals surface area contributed by atoms with Gasteiger partial charge in [-0.15, -0.1) is 5.10 Å². The molecule has 0 atom stereocenters. The summed E-state index contributed by atoms with van der Waals surface area (Å²) < 4.78 is 7.36. The molecule has 0 aromatic carbocycles. The maximum absolute atomic E-state index is 5.45. The van der Waals surface area contributed by atoms with Gasteiger partial charge in [-0.3, -0.25) is 0 Å². The summed E-state index contributed by atoms with van der Waals surface area (Å²) in [6.07, 6.45) is 7.88. The van der Waals surface area contributed by atoms with Crippen molar-refractivity contribution in [1.29, 1.82) is 0 Å². The number of pyridine rings is 1. The van der Waals surface area contributed by atoms with E-state index >= 15 is 0 Å². The number of ether oxygens (including phenoxy) is 1. The number of allylic oxidation sites excluding steroid dienone is 2. The van der Waals surface area contributed by atoms with Gasteiger partial charge in [0.2, 0.25) is 0 Å². The van der Waals surface area contributed by atoms with Crippen LogP contribution in [0.2, 0.25) is 0 Å². The Morgan fingerprint density at radius 2 is 2.13 bits per heavy atom. The first-order chi connectivity index (χ1) is 11.2. The normalized spacial score (nSPS) is 15.6. The summed E-state index contributed by atoms with van der Waals surface area (Å²) in [6, 6.07) is 5.88. The van der Waals surface area contributed by atoms with Crippen LogP contribution in [0.15, 0.2) is 36.0 Å². The van der Waals surface area contributed by atoms with E-state index in [-0.39, 0.29) is 0 Å². The molecule has 122 valence electrons. The van der Waals surface area contributed by atoms with E-state index in [0.29, 0.717) is 5.92 Å². The minimum atomic E-state index is 0.399. The zero-order valence-corrected chi connectivity index (χ0v) is 13.9. The van der Waals surface area contributed by atoms with Gasteiger partial charge in [0.05, 0.1) is 0 Å². The lowest BCUT2D eigenvalue weighted by atomic mass is 10.00. The predicted octanol–water partition coefficient (Wildman–Crippen LogP) is 3.46. The third-order valence-electron chi connectivity index (χ3n) is 4.06. The predicted molar refractivity (Wildman–Crippen MR) is 89.7 cm³/mol. The average molecular weight is 312 g/mol. The Morgan fingerprint density at radius 1 is 1.30 bits per heavy atom. The Kier molecular flexibility index (Phi) is 5.18. The average Bonchev–Trinajstić information content (AvgIpc) is 3.00. The highest BCUT2D eigenvalue weighted by Gasteiger charge is 2.22. The molecule has 1 aliphatic heterocycles. The van der Waals surface area contributed by atoms with Gasteiger partial charge in [-0.05, 0) is 45.2 Å². The summed E-state index contributed by atoms with van der Waals surface area (Å²) >= 11 is 0. The van der Waals surface area contributed by atoms with Gasteiger partial charge < -0.3 is 4.74 Å². The molecule has 0 bridgehead atoms. The molecule has 3 heterocycles. The van der Waals surface area contributed by atoms with Gasteiger partial charge in [-0.2, -0.15) is 4.68 Å². The van der Waals surface area contributed by atoms with Gasteiger partial charge >= 0.3 is 0 Å².